The normalized spacial score (nSPS) is 19.6. The minimum absolute atomic E-state index is 0.0311. The van der Waals surface area contributed by atoms with Gasteiger partial charge in [-0.15, -0.1) is 0 Å². The van der Waals surface area contributed by atoms with E-state index in [1.165, 1.54) is 0 Å². The molecule has 1 unspecified atom stereocenters. The van der Waals surface area contributed by atoms with Crippen molar-refractivity contribution in [1.82, 2.24) is 15.1 Å². The second-order valence-electron chi connectivity index (χ2n) is 5.41. The van der Waals surface area contributed by atoms with Gasteiger partial charge in [0.1, 0.15) is 0 Å². The lowest BCUT2D eigenvalue weighted by Crippen LogP contribution is -2.54. The van der Waals surface area contributed by atoms with Crippen LogP contribution in [0.25, 0.3) is 0 Å². The maximum absolute atomic E-state index is 12.0. The quantitative estimate of drug-likeness (QED) is 0.687. The van der Waals surface area contributed by atoms with Gasteiger partial charge in [0.25, 0.3) is 0 Å². The van der Waals surface area contributed by atoms with Crippen molar-refractivity contribution < 1.29 is 9.53 Å². The zero-order chi connectivity index (χ0) is 14.3. The van der Waals surface area contributed by atoms with E-state index in [-0.39, 0.29) is 18.0 Å². The van der Waals surface area contributed by atoms with Gasteiger partial charge in [-0.1, -0.05) is 0 Å². The number of hydrogen-bond acceptors (Lipinski definition) is 4. The summed E-state index contributed by atoms with van der Waals surface area (Å²) in [7, 11) is 0. The fraction of sp³-hybridized carbons (Fsp3) is 0.929. The number of nitrogens with one attached hydrogen (secondary N) is 1. The molecule has 112 valence electrons. The highest BCUT2D eigenvalue weighted by atomic mass is 16.5. The van der Waals surface area contributed by atoms with Crippen molar-refractivity contribution >= 4 is 5.91 Å². The lowest BCUT2D eigenvalue weighted by atomic mass is 10.2. The molecule has 1 rings (SSSR count). The summed E-state index contributed by atoms with van der Waals surface area (Å²) in [6.07, 6.45) is 0. The third-order valence-corrected chi connectivity index (χ3v) is 3.52. The van der Waals surface area contributed by atoms with Crippen molar-refractivity contribution in [2.24, 2.45) is 0 Å². The van der Waals surface area contributed by atoms with E-state index in [0.29, 0.717) is 0 Å². The van der Waals surface area contributed by atoms with Crippen LogP contribution in [0.15, 0.2) is 0 Å². The molecule has 0 aliphatic carbocycles. The Labute approximate surface area is 117 Å². The van der Waals surface area contributed by atoms with E-state index in [0.717, 1.165) is 45.9 Å². The van der Waals surface area contributed by atoms with Gasteiger partial charge >= 0.3 is 0 Å². The highest BCUT2D eigenvalue weighted by Gasteiger charge is 2.25. The highest BCUT2D eigenvalue weighted by Crippen LogP contribution is 2.06. The number of nitrogens with zero attached hydrogens (tertiary/aromatic N) is 2. The molecular formula is C14H29N3O2. The Morgan fingerprint density at radius 2 is 1.84 bits per heavy atom. The molecule has 19 heavy (non-hydrogen) atoms. The minimum atomic E-state index is -0.0311. The average Bonchev–Trinajstić information content (AvgIpc) is 2.38. The molecule has 1 N–H and O–H groups in total. The standard InChI is InChI=1S/C14H29N3O2/c1-5-19-11-10-16-6-8-17(9-7-16)13(4)14(18)15-12(2)3/h12-13H,5-11H2,1-4H3,(H,15,18). The largest absolute Gasteiger partial charge is 0.380 e. The van der Waals surface area contributed by atoms with Gasteiger partial charge in [0.2, 0.25) is 5.91 Å². The molecule has 1 fully saturated rings. The number of hydrogen-bond donors (Lipinski definition) is 1. The fourth-order valence-electron chi connectivity index (χ4n) is 2.28. The van der Waals surface area contributed by atoms with E-state index in [1.807, 2.05) is 27.7 Å². The van der Waals surface area contributed by atoms with E-state index >= 15 is 0 Å². The van der Waals surface area contributed by atoms with Gasteiger partial charge in [-0.2, -0.15) is 0 Å². The predicted octanol–water partition coefficient (Wildman–Crippen LogP) is 0.554. The van der Waals surface area contributed by atoms with Crippen molar-refractivity contribution in [3.05, 3.63) is 0 Å². The molecule has 1 saturated heterocycles. The number of rotatable bonds is 7. The Kier molecular flexibility index (Phi) is 7.34. The number of ether oxygens (including phenoxy) is 1. The van der Waals surface area contributed by atoms with Gasteiger partial charge in [0, 0.05) is 45.4 Å². The van der Waals surface area contributed by atoms with Gasteiger partial charge in [-0.25, -0.2) is 0 Å². The second-order valence-corrected chi connectivity index (χ2v) is 5.41. The summed E-state index contributed by atoms with van der Waals surface area (Å²) in [6.45, 7) is 14.5. The van der Waals surface area contributed by atoms with E-state index in [1.54, 1.807) is 0 Å². The Hall–Kier alpha value is -0.650. The molecule has 0 aromatic rings. The van der Waals surface area contributed by atoms with Crippen LogP contribution in [0.1, 0.15) is 27.7 Å². The van der Waals surface area contributed by atoms with Crippen molar-refractivity contribution in [1.29, 1.82) is 0 Å². The average molecular weight is 271 g/mol. The Bertz CT molecular complexity index is 263. The number of carbonyl (C=O) groups is 1. The molecule has 0 aromatic carbocycles. The summed E-state index contributed by atoms with van der Waals surface area (Å²) in [5.41, 5.74) is 0. The number of carbonyl (C=O) groups excluding carboxylic acids is 1. The Balaban J connectivity index is 2.26. The second kappa shape index (κ2) is 8.51. The molecule has 5 heteroatoms. The summed E-state index contributed by atoms with van der Waals surface area (Å²) >= 11 is 0. The zero-order valence-corrected chi connectivity index (χ0v) is 12.8. The number of piperazine rings is 1. The summed E-state index contributed by atoms with van der Waals surface area (Å²) in [5, 5.41) is 2.98. The van der Waals surface area contributed by atoms with Crippen LogP contribution in [0.5, 0.6) is 0 Å². The first kappa shape index (κ1) is 16.4. The zero-order valence-electron chi connectivity index (χ0n) is 12.8. The van der Waals surface area contributed by atoms with Crippen LogP contribution < -0.4 is 5.32 Å². The molecule has 0 bridgehead atoms. The smallest absolute Gasteiger partial charge is 0.237 e. The van der Waals surface area contributed by atoms with Gasteiger partial charge < -0.3 is 10.1 Å². The maximum Gasteiger partial charge on any atom is 0.237 e. The predicted molar refractivity (Wildman–Crippen MR) is 77.2 cm³/mol. The Morgan fingerprint density at radius 1 is 1.21 bits per heavy atom. The lowest BCUT2D eigenvalue weighted by Gasteiger charge is -2.37. The third-order valence-electron chi connectivity index (χ3n) is 3.52. The molecule has 1 atom stereocenters. The topological polar surface area (TPSA) is 44.8 Å². The van der Waals surface area contributed by atoms with Crippen molar-refractivity contribution in [3.8, 4) is 0 Å². The molecule has 0 radical (unpaired) electrons. The first-order valence-electron chi connectivity index (χ1n) is 7.39. The molecule has 1 amide bonds. The molecule has 1 aliphatic rings. The van der Waals surface area contributed by atoms with E-state index in [2.05, 4.69) is 15.1 Å². The van der Waals surface area contributed by atoms with E-state index in [4.69, 9.17) is 4.74 Å². The minimum Gasteiger partial charge on any atom is -0.380 e. The van der Waals surface area contributed by atoms with Crippen molar-refractivity contribution in [3.63, 3.8) is 0 Å². The van der Waals surface area contributed by atoms with Crippen molar-refractivity contribution in [2.75, 3.05) is 45.9 Å². The monoisotopic (exact) mass is 271 g/mol. The lowest BCUT2D eigenvalue weighted by molar-refractivity contribution is -0.127. The first-order chi connectivity index (χ1) is 9.04. The maximum atomic E-state index is 12.0. The van der Waals surface area contributed by atoms with Crippen LogP contribution in [-0.2, 0) is 9.53 Å². The fourth-order valence-corrected chi connectivity index (χ4v) is 2.28. The molecule has 0 saturated carbocycles. The number of amides is 1. The van der Waals surface area contributed by atoms with Gasteiger partial charge in [-0.3, -0.25) is 14.6 Å². The van der Waals surface area contributed by atoms with Crippen LogP contribution in [-0.4, -0.2) is 73.7 Å². The molecule has 0 spiro atoms. The molecule has 5 nitrogen and oxygen atoms in total. The van der Waals surface area contributed by atoms with Crippen LogP contribution in [0.4, 0.5) is 0 Å². The van der Waals surface area contributed by atoms with Gasteiger partial charge in [-0.05, 0) is 27.7 Å². The summed E-state index contributed by atoms with van der Waals surface area (Å²) < 4.78 is 5.37. The summed E-state index contributed by atoms with van der Waals surface area (Å²) in [5.74, 6) is 0.137. The van der Waals surface area contributed by atoms with E-state index < -0.39 is 0 Å². The SMILES string of the molecule is CCOCCN1CCN(C(C)C(=O)NC(C)C)CC1. The highest BCUT2D eigenvalue weighted by molar-refractivity contribution is 5.81. The van der Waals surface area contributed by atoms with Gasteiger partial charge in [0.05, 0.1) is 12.6 Å². The molecule has 1 heterocycles. The first-order valence-corrected chi connectivity index (χ1v) is 7.39. The van der Waals surface area contributed by atoms with Gasteiger partial charge in [0.15, 0.2) is 0 Å². The molecule has 1 aliphatic heterocycles. The van der Waals surface area contributed by atoms with Crippen molar-refractivity contribution in [2.45, 2.75) is 39.8 Å². The molecular weight excluding hydrogens is 242 g/mol. The van der Waals surface area contributed by atoms with E-state index in [9.17, 15) is 4.79 Å². The molecule has 0 aromatic heterocycles. The van der Waals surface area contributed by atoms with Crippen LogP contribution in [0.3, 0.4) is 0 Å². The van der Waals surface area contributed by atoms with Crippen LogP contribution in [0.2, 0.25) is 0 Å². The third kappa shape index (κ3) is 5.89. The van der Waals surface area contributed by atoms with Crippen LogP contribution in [0, 0.1) is 0 Å². The van der Waals surface area contributed by atoms with Crippen LogP contribution >= 0.6 is 0 Å². The Morgan fingerprint density at radius 3 is 2.37 bits per heavy atom. The summed E-state index contributed by atoms with van der Waals surface area (Å²) in [6, 6.07) is 0.180. The summed E-state index contributed by atoms with van der Waals surface area (Å²) in [4.78, 5) is 16.6.